The number of amidine groups is 2. The van der Waals surface area contributed by atoms with E-state index in [4.69, 9.17) is 65.9 Å². The van der Waals surface area contributed by atoms with Gasteiger partial charge in [-0.25, -0.2) is 29.5 Å². The van der Waals surface area contributed by atoms with Gasteiger partial charge < -0.3 is 69.4 Å². The van der Waals surface area contributed by atoms with Crippen molar-refractivity contribution in [3.63, 3.8) is 0 Å². The van der Waals surface area contributed by atoms with Crippen LogP contribution >= 0.6 is 11.6 Å². The Balaban J connectivity index is 0.964. The highest BCUT2D eigenvalue weighted by Crippen LogP contribution is 2.49. The van der Waals surface area contributed by atoms with E-state index in [-0.39, 0.29) is 98.6 Å². The number of benzene rings is 2. The molecule has 6 N–H and O–H groups in total. The number of aliphatic imine (C=N–C) groups is 2. The molecule has 0 bridgehead atoms. The lowest BCUT2D eigenvalue weighted by molar-refractivity contribution is -0.154. The van der Waals surface area contributed by atoms with Gasteiger partial charge in [-0.05, 0) is 104 Å². The maximum atomic E-state index is 14.4. The number of rotatable bonds is 14. The minimum absolute atomic E-state index is 0.0238. The maximum absolute atomic E-state index is 14.4. The fourth-order valence-electron chi connectivity index (χ4n) is 10.9. The Hall–Kier alpha value is -7.89. The number of aryl methyl sites for hydroxylation is 2. The number of methoxy groups -OCH3 is 1. The van der Waals surface area contributed by atoms with Crippen LogP contribution in [0.1, 0.15) is 117 Å². The van der Waals surface area contributed by atoms with E-state index in [9.17, 15) is 39.0 Å². The highest BCUT2D eigenvalue weighted by atomic mass is 35.5. The largest absolute Gasteiger partial charge is 0.508 e. The lowest BCUT2D eigenvalue weighted by Crippen LogP contribution is -2.47. The predicted octanol–water partition coefficient (Wildman–Crippen LogP) is 5.13. The van der Waals surface area contributed by atoms with Crippen molar-refractivity contribution in [2.75, 3.05) is 26.8 Å². The highest BCUT2D eigenvalue weighted by Gasteiger charge is 2.55. The van der Waals surface area contributed by atoms with E-state index in [1.165, 1.54) is 56.7 Å². The van der Waals surface area contributed by atoms with Gasteiger partial charge in [-0.2, -0.15) is 0 Å². The molecule has 0 saturated carbocycles. The topological polar surface area (TPSA) is 326 Å². The van der Waals surface area contributed by atoms with Crippen molar-refractivity contribution in [1.82, 2.24) is 19.8 Å². The Morgan fingerprint density at radius 1 is 0.753 bits per heavy atom. The number of carbonyl (C=O) groups is 6. The summed E-state index contributed by atoms with van der Waals surface area (Å²) in [6, 6.07) is 2.61. The Kier molecular flexibility index (Phi) is 16.8. The van der Waals surface area contributed by atoms with Gasteiger partial charge in [0.1, 0.15) is 94.2 Å². The maximum Gasteiger partial charge on any atom is 0.329 e. The molecule has 25 heteroatoms. The molecule has 0 radical (unpaired) electrons. The molecule has 4 aliphatic rings. The lowest BCUT2D eigenvalue weighted by atomic mass is 9.87. The number of phenols is 2. The van der Waals surface area contributed by atoms with Crippen LogP contribution in [-0.2, 0) is 83.2 Å². The number of nitrogens with zero attached hydrogens (tertiary/aromatic N) is 6. The van der Waals surface area contributed by atoms with Gasteiger partial charge in [0, 0.05) is 55.0 Å². The molecule has 436 valence electrons. The monoisotopic (exact) mass is 1140 g/mol. The van der Waals surface area contributed by atoms with Crippen molar-refractivity contribution in [1.29, 1.82) is 0 Å². The SMILES string of the molecule is COC(=O)C1CC2(CCc3c(c(COC(C)=O)nc4ccc(O)cc34)O2)CN1C(=O)C(C)N=C(N)OC(C)(C)CCOC(=O)C1CC2(CCc3c(c(COC(C)=O)nc4ccc(O)c(Cl)c34)O2)CN1C(=O)C(C)N=C(N)OC(C)(C)C. The van der Waals surface area contributed by atoms with Crippen LogP contribution in [0.25, 0.3) is 21.8 Å². The van der Waals surface area contributed by atoms with Crippen LogP contribution in [0.2, 0.25) is 5.02 Å². The number of aromatic nitrogens is 2. The zero-order valence-electron chi connectivity index (χ0n) is 47.0. The highest BCUT2D eigenvalue weighted by molar-refractivity contribution is 6.37. The van der Waals surface area contributed by atoms with Crippen molar-refractivity contribution in [3.8, 4) is 23.0 Å². The molecule has 4 aromatic rings. The minimum atomic E-state index is -1.19. The summed E-state index contributed by atoms with van der Waals surface area (Å²) in [6.45, 7) is 13.4. The molecule has 2 aromatic heterocycles. The second kappa shape index (κ2) is 22.9. The van der Waals surface area contributed by atoms with E-state index in [0.29, 0.717) is 58.1 Å². The van der Waals surface area contributed by atoms with Crippen LogP contribution in [0.3, 0.4) is 0 Å². The number of phenolic OH excluding ortho intramolecular Hbond substituents is 2. The van der Waals surface area contributed by atoms with Gasteiger partial charge in [0.15, 0.2) is 0 Å². The van der Waals surface area contributed by atoms with Gasteiger partial charge in [0.2, 0.25) is 11.8 Å². The molecule has 2 aromatic carbocycles. The number of amides is 2. The first-order chi connectivity index (χ1) is 38.0. The number of hydrogen-bond donors (Lipinski definition) is 4. The molecule has 6 atom stereocenters. The van der Waals surface area contributed by atoms with Crippen molar-refractivity contribution in [3.05, 3.63) is 57.9 Å². The molecular formula is C56H69ClN8O16. The second-order valence-electron chi connectivity index (χ2n) is 22.5. The molecule has 8 rings (SSSR count). The minimum Gasteiger partial charge on any atom is -0.508 e. The summed E-state index contributed by atoms with van der Waals surface area (Å²) in [5, 5.41) is 22.1. The molecule has 2 amide bonds. The van der Waals surface area contributed by atoms with Gasteiger partial charge >= 0.3 is 23.9 Å². The Morgan fingerprint density at radius 2 is 1.26 bits per heavy atom. The van der Waals surface area contributed by atoms with E-state index in [1.807, 2.05) is 0 Å². The molecule has 2 fully saturated rings. The van der Waals surface area contributed by atoms with Gasteiger partial charge in [-0.1, -0.05) is 11.6 Å². The summed E-state index contributed by atoms with van der Waals surface area (Å²) in [6.07, 6.45) is 1.46. The zero-order valence-corrected chi connectivity index (χ0v) is 47.8. The van der Waals surface area contributed by atoms with Crippen LogP contribution in [0.15, 0.2) is 40.3 Å². The lowest BCUT2D eigenvalue weighted by Gasteiger charge is -2.37. The summed E-state index contributed by atoms with van der Waals surface area (Å²) in [5.74, 6) is -3.24. The van der Waals surface area contributed by atoms with E-state index >= 15 is 0 Å². The molecule has 2 spiro atoms. The Morgan fingerprint density at radius 3 is 1.80 bits per heavy atom. The molecule has 2 saturated heterocycles. The molecular weight excluding hydrogens is 1080 g/mol. The number of hydrogen-bond acceptors (Lipinski definition) is 20. The number of esters is 4. The second-order valence-corrected chi connectivity index (χ2v) is 22.9. The summed E-state index contributed by atoms with van der Waals surface area (Å²) >= 11 is 6.64. The average Bonchev–Trinajstić information content (AvgIpc) is 4.19. The summed E-state index contributed by atoms with van der Waals surface area (Å²) in [4.78, 5) is 101. The third-order valence-electron chi connectivity index (χ3n) is 14.6. The molecule has 4 aliphatic heterocycles. The number of carbonyl (C=O) groups excluding carboxylic acids is 6. The summed E-state index contributed by atoms with van der Waals surface area (Å²) in [5.41, 5.74) is 11.2. The van der Waals surface area contributed by atoms with Gasteiger partial charge in [-0.3, -0.25) is 19.2 Å². The molecule has 24 nitrogen and oxygen atoms in total. The van der Waals surface area contributed by atoms with Gasteiger partial charge in [0.25, 0.3) is 12.0 Å². The smallest absolute Gasteiger partial charge is 0.329 e. The Labute approximate surface area is 472 Å². The van der Waals surface area contributed by atoms with Gasteiger partial charge in [0.05, 0.1) is 42.9 Å². The fourth-order valence-corrected chi connectivity index (χ4v) is 11.1. The molecule has 6 heterocycles. The predicted molar refractivity (Wildman–Crippen MR) is 292 cm³/mol. The number of nitrogens with two attached hydrogens (primary N) is 2. The van der Waals surface area contributed by atoms with Crippen LogP contribution in [-0.4, -0.2) is 151 Å². The number of likely N-dealkylation sites (tertiary alicyclic amines) is 2. The Bertz CT molecular complexity index is 3250. The number of aromatic hydroxyl groups is 2. The standard InChI is InChI=1S/C56H69ClN8O16/c1-28(60-51(58)80-53(5,6)7)48(71)65-27-56(18-16-34-43-37(13-14-42(69)44(43)57)63-39(46(34)79-56)25-77-31(4)67)23-41(65)50(73)75-20-19-54(8,9)81-52(59)61-29(2)47(70)64-26-55(22-40(64)49(72)74-10)17-15-33-35-21-32(68)11-12-36(35)62-38(45(33)78-55)24-76-30(3)66/h11-14,21,28-29,40-41,68-69H,15-20,22-27H2,1-10H3,(H2,58,60)(H2,59,61). The molecule has 81 heavy (non-hydrogen) atoms. The van der Waals surface area contributed by atoms with Crippen molar-refractivity contribution < 1.29 is 76.9 Å². The fraction of sp³-hybridized carbons (Fsp3) is 0.536. The third kappa shape index (κ3) is 13.0. The number of fused-ring (bicyclic) bond motifs is 6. The number of pyridine rings is 2. The van der Waals surface area contributed by atoms with E-state index in [1.54, 1.807) is 52.8 Å². The summed E-state index contributed by atoms with van der Waals surface area (Å²) < 4.78 is 47.0. The first-order valence-electron chi connectivity index (χ1n) is 26.5. The van der Waals surface area contributed by atoms with Crippen LogP contribution in [0, 0.1) is 0 Å². The number of halogens is 1. The zero-order chi connectivity index (χ0) is 59.1. The van der Waals surface area contributed by atoms with E-state index in [2.05, 4.69) is 15.0 Å². The van der Waals surface area contributed by atoms with Crippen LogP contribution in [0.4, 0.5) is 0 Å². The van der Waals surface area contributed by atoms with E-state index in [0.717, 1.165) is 5.56 Å². The average molecular weight is 1150 g/mol. The normalized spacial score (nSPS) is 21.6. The third-order valence-corrected chi connectivity index (χ3v) is 15.0. The van der Waals surface area contributed by atoms with Crippen LogP contribution < -0.4 is 20.9 Å². The summed E-state index contributed by atoms with van der Waals surface area (Å²) in [7, 11) is 1.22. The van der Waals surface area contributed by atoms with Gasteiger partial charge in [-0.15, -0.1) is 0 Å². The van der Waals surface area contributed by atoms with E-state index < -0.39 is 82.3 Å². The first-order valence-corrected chi connectivity index (χ1v) is 26.9. The van der Waals surface area contributed by atoms with Crippen molar-refractivity contribution in [2.24, 2.45) is 21.5 Å². The van der Waals surface area contributed by atoms with Crippen molar-refractivity contribution >= 4 is 81.1 Å². The molecule has 0 aliphatic carbocycles. The number of ether oxygens (including phenoxy) is 8. The first kappa shape index (κ1) is 59.2. The van der Waals surface area contributed by atoms with Crippen molar-refractivity contribution in [2.45, 2.75) is 167 Å². The molecule has 6 unspecified atom stereocenters. The van der Waals surface area contributed by atoms with Crippen LogP contribution in [0.5, 0.6) is 23.0 Å². The quantitative estimate of drug-likeness (QED) is 0.0550.